The number of nitrogens with one attached hydrogen (secondary N) is 1. The van der Waals surface area contributed by atoms with Crippen LogP contribution in [0, 0.1) is 0 Å². The topological polar surface area (TPSA) is 90.0 Å². The third-order valence-corrected chi connectivity index (χ3v) is 10.0. The van der Waals surface area contributed by atoms with Gasteiger partial charge in [-0.3, -0.25) is 9.59 Å². The lowest BCUT2D eigenvalue weighted by molar-refractivity contribution is -0.146. The zero-order valence-corrected chi connectivity index (χ0v) is 23.5. The van der Waals surface area contributed by atoms with Gasteiger partial charge in [-0.05, 0) is 100.0 Å². The van der Waals surface area contributed by atoms with Gasteiger partial charge in [-0.2, -0.15) is 4.72 Å². The normalized spacial score (nSPS) is 23.9. The van der Waals surface area contributed by atoms with Gasteiger partial charge in [-0.25, -0.2) is 8.42 Å². The van der Waals surface area contributed by atoms with E-state index in [2.05, 4.69) is 9.62 Å². The predicted molar refractivity (Wildman–Crippen MR) is 149 cm³/mol. The minimum absolute atomic E-state index is 0.0267. The van der Waals surface area contributed by atoms with Crippen LogP contribution < -0.4 is 4.72 Å². The highest BCUT2D eigenvalue weighted by molar-refractivity contribution is 7.89. The van der Waals surface area contributed by atoms with Crippen LogP contribution in [0.2, 0.25) is 5.02 Å². The molecule has 0 saturated carbocycles. The molecule has 10 heteroatoms. The summed E-state index contributed by atoms with van der Waals surface area (Å²) in [5.74, 6) is -0.367. The Kier molecular flexibility index (Phi) is 8.28. The molecule has 38 heavy (non-hydrogen) atoms. The first-order valence-electron chi connectivity index (χ1n) is 13.8. The Morgan fingerprint density at radius 1 is 1.00 bits per heavy atom. The number of rotatable bonds is 8. The SMILES string of the molecule is C[C@@H](C(=O)N1CCCCC1CCN1CCCC1)N1CCC(NS(=O)(=O)c2ccc3cc(Cl)ccc3c2)C1=O. The van der Waals surface area contributed by atoms with Gasteiger partial charge in [0.2, 0.25) is 21.8 Å². The molecule has 3 aliphatic heterocycles. The van der Waals surface area contributed by atoms with Crippen LogP contribution in [0.5, 0.6) is 0 Å². The molecule has 0 bridgehead atoms. The van der Waals surface area contributed by atoms with Crippen molar-refractivity contribution in [2.75, 3.05) is 32.7 Å². The number of benzene rings is 2. The van der Waals surface area contributed by atoms with E-state index in [4.69, 9.17) is 11.6 Å². The lowest BCUT2D eigenvalue weighted by Gasteiger charge is -2.39. The van der Waals surface area contributed by atoms with Crippen LogP contribution in [0.1, 0.15) is 51.9 Å². The lowest BCUT2D eigenvalue weighted by atomic mass is 9.98. The highest BCUT2D eigenvalue weighted by Crippen LogP contribution is 2.26. The molecular weight excluding hydrogens is 524 g/mol. The van der Waals surface area contributed by atoms with Crippen molar-refractivity contribution in [3.63, 3.8) is 0 Å². The second-order valence-corrected chi connectivity index (χ2v) is 13.0. The second-order valence-electron chi connectivity index (χ2n) is 10.8. The number of sulfonamides is 1. The van der Waals surface area contributed by atoms with Crippen molar-refractivity contribution in [1.82, 2.24) is 19.4 Å². The Morgan fingerprint density at radius 2 is 1.71 bits per heavy atom. The van der Waals surface area contributed by atoms with Gasteiger partial charge in [-0.15, -0.1) is 0 Å². The molecule has 3 heterocycles. The molecule has 1 N–H and O–H groups in total. The first-order chi connectivity index (χ1) is 18.2. The number of carbonyl (C=O) groups is 2. The van der Waals surface area contributed by atoms with E-state index < -0.39 is 22.1 Å². The van der Waals surface area contributed by atoms with E-state index in [9.17, 15) is 18.0 Å². The third-order valence-electron chi connectivity index (χ3n) is 8.33. The molecule has 3 aliphatic rings. The molecule has 2 amide bonds. The standard InChI is InChI=1S/C28H37ClN4O4S/c1-20(27(34)33-15-3-2-6-24(33)11-16-31-13-4-5-14-31)32-17-12-26(28(32)35)30-38(36,37)25-10-8-21-18-23(29)9-7-22(21)19-25/h7-10,18-20,24,26,30H,2-6,11-17H2,1H3/t20-,24?,26?/m0/s1. The number of halogens is 1. The number of hydrogen-bond acceptors (Lipinski definition) is 5. The maximum atomic E-state index is 13.6. The van der Waals surface area contributed by atoms with E-state index in [-0.39, 0.29) is 22.8 Å². The summed E-state index contributed by atoms with van der Waals surface area (Å²) in [5, 5.41) is 2.16. The number of amides is 2. The molecule has 0 spiro atoms. The Hall–Kier alpha value is -2.20. The van der Waals surface area contributed by atoms with E-state index in [1.807, 2.05) is 4.90 Å². The number of nitrogens with zero attached hydrogens (tertiary/aromatic N) is 3. The van der Waals surface area contributed by atoms with Crippen LogP contribution in [0.15, 0.2) is 41.3 Å². The summed E-state index contributed by atoms with van der Waals surface area (Å²) in [4.78, 5) is 33.0. The third kappa shape index (κ3) is 5.86. The van der Waals surface area contributed by atoms with Crippen molar-refractivity contribution in [1.29, 1.82) is 0 Å². The number of carbonyl (C=O) groups excluding carboxylic acids is 2. The Bertz CT molecular complexity index is 1300. The number of fused-ring (bicyclic) bond motifs is 1. The fraction of sp³-hybridized carbons (Fsp3) is 0.571. The van der Waals surface area contributed by atoms with Gasteiger partial charge in [0.05, 0.1) is 4.90 Å². The summed E-state index contributed by atoms with van der Waals surface area (Å²) < 4.78 is 28.9. The largest absolute Gasteiger partial charge is 0.338 e. The lowest BCUT2D eigenvalue weighted by Crippen LogP contribution is -2.54. The predicted octanol–water partition coefficient (Wildman–Crippen LogP) is 3.63. The molecule has 0 aromatic heterocycles. The summed E-state index contributed by atoms with van der Waals surface area (Å²) in [6.45, 7) is 6.14. The van der Waals surface area contributed by atoms with Gasteiger partial charge in [0.1, 0.15) is 12.1 Å². The maximum Gasteiger partial charge on any atom is 0.245 e. The van der Waals surface area contributed by atoms with Crippen LogP contribution in [-0.2, 0) is 19.6 Å². The van der Waals surface area contributed by atoms with Crippen molar-refractivity contribution in [3.05, 3.63) is 41.4 Å². The maximum absolute atomic E-state index is 13.6. The minimum atomic E-state index is -3.92. The summed E-state index contributed by atoms with van der Waals surface area (Å²) in [5.41, 5.74) is 0. The van der Waals surface area contributed by atoms with Gasteiger partial charge in [0.25, 0.3) is 0 Å². The van der Waals surface area contributed by atoms with Gasteiger partial charge in [0.15, 0.2) is 0 Å². The van der Waals surface area contributed by atoms with Gasteiger partial charge in [-0.1, -0.05) is 23.7 Å². The summed E-state index contributed by atoms with van der Waals surface area (Å²) in [7, 11) is -3.92. The molecule has 3 fully saturated rings. The van der Waals surface area contributed by atoms with Crippen molar-refractivity contribution in [2.45, 2.75) is 74.9 Å². The number of likely N-dealkylation sites (tertiary alicyclic amines) is 3. The fourth-order valence-corrected chi connectivity index (χ4v) is 7.55. The van der Waals surface area contributed by atoms with E-state index in [1.54, 1.807) is 42.2 Å². The quantitative estimate of drug-likeness (QED) is 0.532. The first kappa shape index (κ1) is 27.4. The van der Waals surface area contributed by atoms with Crippen molar-refractivity contribution in [3.8, 4) is 0 Å². The van der Waals surface area contributed by atoms with Crippen molar-refractivity contribution in [2.24, 2.45) is 0 Å². The molecule has 8 nitrogen and oxygen atoms in total. The molecule has 2 aromatic rings. The molecule has 3 saturated heterocycles. The van der Waals surface area contributed by atoms with E-state index >= 15 is 0 Å². The number of piperidine rings is 1. The Balaban J connectivity index is 1.22. The fourth-order valence-electron chi connectivity index (χ4n) is 6.11. The number of hydrogen-bond donors (Lipinski definition) is 1. The highest BCUT2D eigenvalue weighted by Gasteiger charge is 2.41. The van der Waals surface area contributed by atoms with Gasteiger partial charge in [0, 0.05) is 30.7 Å². The summed E-state index contributed by atoms with van der Waals surface area (Å²) >= 11 is 6.04. The Morgan fingerprint density at radius 3 is 2.50 bits per heavy atom. The molecule has 5 rings (SSSR count). The van der Waals surface area contributed by atoms with Gasteiger partial charge >= 0.3 is 0 Å². The van der Waals surface area contributed by atoms with Crippen LogP contribution in [0.25, 0.3) is 10.8 Å². The summed E-state index contributed by atoms with van der Waals surface area (Å²) in [6, 6.07) is 8.76. The first-order valence-corrected chi connectivity index (χ1v) is 15.6. The molecule has 2 aromatic carbocycles. The smallest absolute Gasteiger partial charge is 0.245 e. The minimum Gasteiger partial charge on any atom is -0.338 e. The molecule has 2 unspecified atom stereocenters. The molecule has 206 valence electrons. The average molecular weight is 561 g/mol. The zero-order valence-electron chi connectivity index (χ0n) is 21.9. The van der Waals surface area contributed by atoms with Crippen LogP contribution in [-0.4, -0.2) is 85.8 Å². The van der Waals surface area contributed by atoms with Crippen molar-refractivity contribution >= 4 is 44.2 Å². The average Bonchev–Trinajstić information content (AvgIpc) is 3.56. The van der Waals surface area contributed by atoms with Crippen molar-refractivity contribution < 1.29 is 18.0 Å². The molecule has 0 radical (unpaired) electrons. The monoisotopic (exact) mass is 560 g/mol. The van der Waals surface area contributed by atoms with Crippen LogP contribution in [0.4, 0.5) is 0 Å². The highest BCUT2D eigenvalue weighted by atomic mass is 35.5. The molecular formula is C28H37ClN4O4S. The zero-order chi connectivity index (χ0) is 26.9. The Labute approximate surface area is 230 Å². The van der Waals surface area contributed by atoms with E-state index in [1.165, 1.54) is 18.9 Å². The van der Waals surface area contributed by atoms with Crippen LogP contribution >= 0.6 is 11.6 Å². The molecule has 0 aliphatic carbocycles. The summed E-state index contributed by atoms with van der Waals surface area (Å²) in [6.07, 6.45) is 6.90. The van der Waals surface area contributed by atoms with Crippen LogP contribution in [0.3, 0.4) is 0 Å². The van der Waals surface area contributed by atoms with E-state index in [0.29, 0.717) is 18.0 Å². The van der Waals surface area contributed by atoms with Gasteiger partial charge < -0.3 is 14.7 Å². The second kappa shape index (κ2) is 11.5. The molecule has 3 atom stereocenters. The van der Waals surface area contributed by atoms with E-state index in [0.717, 1.165) is 62.6 Å².